The van der Waals surface area contributed by atoms with E-state index in [0.29, 0.717) is 26.9 Å². The summed E-state index contributed by atoms with van der Waals surface area (Å²) in [6.07, 6.45) is 3.36. The number of hydrogen-bond acceptors (Lipinski definition) is 5. The van der Waals surface area contributed by atoms with E-state index < -0.39 is 0 Å². The van der Waals surface area contributed by atoms with Crippen LogP contribution >= 0.6 is 35.1 Å². The smallest absolute Gasteiger partial charge is 0.203 e. The fraction of sp³-hybridized carbons (Fsp3) is 0.467. The van der Waals surface area contributed by atoms with E-state index in [1.165, 1.54) is 17.9 Å². The molecule has 0 spiro atoms. The molecule has 0 bridgehead atoms. The first-order valence-electron chi connectivity index (χ1n) is 6.60. The van der Waals surface area contributed by atoms with E-state index in [2.05, 4.69) is 6.08 Å². The Morgan fingerprint density at radius 3 is 2.14 bits per heavy atom. The Morgan fingerprint density at radius 2 is 1.67 bits per heavy atom. The van der Waals surface area contributed by atoms with Crippen LogP contribution in [0.5, 0.6) is 17.2 Å². The molecule has 0 saturated carbocycles. The van der Waals surface area contributed by atoms with E-state index in [1.807, 2.05) is 35.7 Å². The summed E-state index contributed by atoms with van der Waals surface area (Å²) in [5.74, 6) is 4.18. The molecule has 6 heteroatoms. The molecule has 1 aromatic carbocycles. The number of hydrogen-bond donors (Lipinski definition) is 0. The number of rotatable bonds is 5. The summed E-state index contributed by atoms with van der Waals surface area (Å²) >= 11 is 10.3. The number of halogens is 1. The van der Waals surface area contributed by atoms with Gasteiger partial charge >= 0.3 is 0 Å². The molecule has 0 N–H and O–H groups in total. The van der Waals surface area contributed by atoms with Crippen LogP contribution in [-0.2, 0) is 0 Å². The maximum absolute atomic E-state index is 6.48. The molecule has 0 amide bonds. The van der Waals surface area contributed by atoms with Crippen molar-refractivity contribution in [3.05, 3.63) is 23.8 Å². The van der Waals surface area contributed by atoms with Gasteiger partial charge in [0.15, 0.2) is 11.5 Å². The lowest BCUT2D eigenvalue weighted by molar-refractivity contribution is 0.324. The fourth-order valence-corrected chi connectivity index (χ4v) is 5.12. The highest BCUT2D eigenvalue weighted by molar-refractivity contribution is 8.17. The Bertz CT molecular complexity index is 489. The summed E-state index contributed by atoms with van der Waals surface area (Å²) in [5.41, 5.74) is 0.873. The van der Waals surface area contributed by atoms with Gasteiger partial charge in [0.25, 0.3) is 0 Å². The molecule has 1 aliphatic heterocycles. The molecular weight excluding hydrogens is 328 g/mol. The van der Waals surface area contributed by atoms with E-state index in [4.69, 9.17) is 25.8 Å². The van der Waals surface area contributed by atoms with Gasteiger partial charge < -0.3 is 14.2 Å². The van der Waals surface area contributed by atoms with Gasteiger partial charge in [-0.05, 0) is 36.1 Å². The van der Waals surface area contributed by atoms with E-state index in [0.717, 1.165) is 5.56 Å². The molecule has 1 heterocycles. The predicted octanol–water partition coefficient (Wildman–Crippen LogP) is 4.49. The van der Waals surface area contributed by atoms with E-state index in [-0.39, 0.29) is 0 Å². The van der Waals surface area contributed by atoms with Crippen LogP contribution in [0.4, 0.5) is 0 Å². The van der Waals surface area contributed by atoms with Crippen molar-refractivity contribution in [2.24, 2.45) is 0 Å². The first-order chi connectivity index (χ1) is 10.2. The van der Waals surface area contributed by atoms with Gasteiger partial charge in [-0.25, -0.2) is 0 Å². The molecule has 0 aliphatic carbocycles. The molecule has 0 radical (unpaired) electrons. The minimum atomic E-state index is 0.408. The van der Waals surface area contributed by atoms with Crippen molar-refractivity contribution in [3.8, 4) is 17.2 Å². The van der Waals surface area contributed by atoms with Crippen LogP contribution in [0.25, 0.3) is 5.03 Å². The van der Waals surface area contributed by atoms with Gasteiger partial charge in [0.1, 0.15) is 0 Å². The first-order valence-corrected chi connectivity index (χ1v) is 9.08. The largest absolute Gasteiger partial charge is 0.493 e. The summed E-state index contributed by atoms with van der Waals surface area (Å²) in [7, 11) is 4.80. The summed E-state index contributed by atoms with van der Waals surface area (Å²) < 4.78 is 16.4. The van der Waals surface area contributed by atoms with Crippen molar-refractivity contribution in [1.82, 2.24) is 0 Å². The second-order valence-corrected chi connectivity index (χ2v) is 7.60. The van der Waals surface area contributed by atoms with Crippen molar-refractivity contribution < 1.29 is 14.2 Å². The Balaban J connectivity index is 2.31. The summed E-state index contributed by atoms with van der Waals surface area (Å²) in [6.45, 7) is 0. The van der Waals surface area contributed by atoms with Crippen LogP contribution < -0.4 is 14.2 Å². The molecule has 1 aliphatic rings. The van der Waals surface area contributed by atoms with Crippen molar-refractivity contribution in [2.45, 2.75) is 11.0 Å². The molecule has 2 rings (SSSR count). The summed E-state index contributed by atoms with van der Waals surface area (Å²) in [4.78, 5) is 0. The fourth-order valence-electron chi connectivity index (χ4n) is 2.04. The third kappa shape index (κ3) is 4.18. The Morgan fingerprint density at radius 1 is 1.10 bits per heavy atom. The van der Waals surface area contributed by atoms with Crippen molar-refractivity contribution in [1.29, 1.82) is 0 Å². The first kappa shape index (κ1) is 16.7. The normalized spacial score (nSPS) is 16.7. The maximum atomic E-state index is 6.48. The van der Waals surface area contributed by atoms with Crippen LogP contribution in [-0.4, -0.2) is 37.4 Å². The lowest BCUT2D eigenvalue weighted by atomic mass is 10.1. The van der Waals surface area contributed by atoms with Crippen LogP contribution in [0, 0.1) is 0 Å². The second kappa shape index (κ2) is 8.11. The number of methoxy groups -OCH3 is 3. The lowest BCUT2D eigenvalue weighted by Gasteiger charge is -2.18. The lowest BCUT2D eigenvalue weighted by Crippen LogP contribution is -2.03. The molecule has 116 valence electrons. The third-order valence-electron chi connectivity index (χ3n) is 3.08. The quantitative estimate of drug-likeness (QED) is 0.783. The monoisotopic (exact) mass is 346 g/mol. The van der Waals surface area contributed by atoms with E-state index in [1.54, 1.807) is 21.3 Å². The van der Waals surface area contributed by atoms with Crippen LogP contribution in [0.15, 0.2) is 18.2 Å². The molecule has 21 heavy (non-hydrogen) atoms. The van der Waals surface area contributed by atoms with Crippen LogP contribution in [0.2, 0.25) is 0 Å². The standard InChI is InChI=1S/C15H19ClO3S2/c1-17-12-7-10(8-13(18-2)15(12)19-3)11(16)9-14-20-5-4-6-21-14/h7-9,14H,4-6H2,1-3H3/b11-9-. The zero-order valence-corrected chi connectivity index (χ0v) is 14.7. The maximum Gasteiger partial charge on any atom is 0.203 e. The minimum Gasteiger partial charge on any atom is -0.493 e. The van der Waals surface area contributed by atoms with Gasteiger partial charge in [-0.2, -0.15) is 0 Å². The van der Waals surface area contributed by atoms with Crippen molar-refractivity contribution in [2.75, 3.05) is 32.8 Å². The van der Waals surface area contributed by atoms with E-state index in [9.17, 15) is 0 Å². The average molecular weight is 347 g/mol. The summed E-state index contributed by atoms with van der Waals surface area (Å²) in [5, 5.41) is 0.709. The van der Waals surface area contributed by atoms with Gasteiger partial charge in [-0.15, -0.1) is 23.5 Å². The molecule has 1 fully saturated rings. The van der Waals surface area contributed by atoms with Gasteiger partial charge in [-0.1, -0.05) is 11.6 Å². The molecule has 0 atom stereocenters. The topological polar surface area (TPSA) is 27.7 Å². The highest BCUT2D eigenvalue weighted by atomic mass is 35.5. The zero-order valence-electron chi connectivity index (χ0n) is 12.3. The number of thioether (sulfide) groups is 2. The second-order valence-electron chi connectivity index (χ2n) is 4.39. The minimum absolute atomic E-state index is 0.408. The van der Waals surface area contributed by atoms with Crippen LogP contribution in [0.1, 0.15) is 12.0 Å². The summed E-state index contributed by atoms with van der Waals surface area (Å²) in [6, 6.07) is 3.75. The molecule has 0 aromatic heterocycles. The zero-order chi connectivity index (χ0) is 15.2. The van der Waals surface area contributed by atoms with E-state index >= 15 is 0 Å². The Hall–Kier alpha value is -0.650. The molecule has 1 aromatic rings. The van der Waals surface area contributed by atoms with Gasteiger partial charge in [0.2, 0.25) is 5.75 Å². The van der Waals surface area contributed by atoms with Gasteiger partial charge in [-0.3, -0.25) is 0 Å². The third-order valence-corrected chi connectivity index (χ3v) is 6.21. The Kier molecular flexibility index (Phi) is 6.45. The Labute approximate surface area is 139 Å². The average Bonchev–Trinajstić information content (AvgIpc) is 2.54. The van der Waals surface area contributed by atoms with Crippen LogP contribution in [0.3, 0.4) is 0 Å². The highest BCUT2D eigenvalue weighted by Crippen LogP contribution is 2.41. The molecule has 3 nitrogen and oxygen atoms in total. The van der Waals surface area contributed by atoms with Gasteiger partial charge in [0, 0.05) is 10.6 Å². The van der Waals surface area contributed by atoms with Crippen molar-refractivity contribution in [3.63, 3.8) is 0 Å². The SMILES string of the molecule is COc1cc(/C(Cl)=C/C2SCCCS2)cc(OC)c1OC. The highest BCUT2D eigenvalue weighted by Gasteiger charge is 2.17. The predicted molar refractivity (Wildman–Crippen MR) is 93.2 cm³/mol. The van der Waals surface area contributed by atoms with Gasteiger partial charge in [0.05, 0.1) is 25.9 Å². The molecule has 1 saturated heterocycles. The van der Waals surface area contributed by atoms with Crippen molar-refractivity contribution >= 4 is 40.2 Å². The molecule has 0 unspecified atom stereocenters. The molecular formula is C15H19ClO3S2. The number of ether oxygens (including phenoxy) is 3. The number of benzene rings is 1.